The Kier molecular flexibility index (Phi) is 8.43. The predicted octanol–water partition coefficient (Wildman–Crippen LogP) is 5.95. The van der Waals surface area contributed by atoms with E-state index in [1.807, 2.05) is 0 Å². The largest absolute Gasteiger partial charge is 0.496 e. The van der Waals surface area contributed by atoms with Crippen molar-refractivity contribution < 1.29 is 28.5 Å². The SMILES string of the molecule is C=CCOc1c(Br)cc(/C=C(\Sc2nnc(-c3cc(Cl)ccc3OC)o2)C(=O)O)cc1OC. The summed E-state index contributed by atoms with van der Waals surface area (Å²) in [5.41, 5.74) is 1.06. The molecule has 0 amide bonds. The van der Waals surface area contributed by atoms with Crippen LogP contribution in [0.1, 0.15) is 5.56 Å². The average molecular weight is 554 g/mol. The molecule has 0 bridgehead atoms. The number of aromatic nitrogens is 2. The molecule has 0 aliphatic carbocycles. The van der Waals surface area contributed by atoms with Crippen molar-refractivity contribution in [2.75, 3.05) is 20.8 Å². The molecule has 3 rings (SSSR count). The van der Waals surface area contributed by atoms with Gasteiger partial charge in [0.15, 0.2) is 11.5 Å². The van der Waals surface area contributed by atoms with Crippen molar-refractivity contribution in [3.05, 3.63) is 63.0 Å². The number of ether oxygens (including phenoxy) is 3. The zero-order chi connectivity index (χ0) is 24.0. The number of thioether (sulfide) groups is 1. The molecule has 11 heteroatoms. The maximum atomic E-state index is 11.9. The van der Waals surface area contributed by atoms with E-state index >= 15 is 0 Å². The van der Waals surface area contributed by atoms with E-state index in [-0.39, 0.29) is 22.6 Å². The molecule has 0 saturated heterocycles. The Bertz CT molecular complexity index is 1210. The molecule has 0 unspecified atom stereocenters. The Morgan fingerprint density at radius 3 is 2.67 bits per heavy atom. The van der Waals surface area contributed by atoms with Crippen LogP contribution in [0.4, 0.5) is 0 Å². The van der Waals surface area contributed by atoms with Crippen LogP contribution in [-0.4, -0.2) is 42.1 Å². The van der Waals surface area contributed by atoms with Gasteiger partial charge in [0.1, 0.15) is 17.3 Å². The third-order valence-electron chi connectivity index (χ3n) is 4.10. The Morgan fingerprint density at radius 2 is 2.00 bits per heavy atom. The topological polar surface area (TPSA) is 104 Å². The van der Waals surface area contributed by atoms with Crippen LogP contribution in [0.5, 0.6) is 17.2 Å². The van der Waals surface area contributed by atoms with Crippen LogP contribution in [-0.2, 0) is 4.79 Å². The zero-order valence-electron chi connectivity index (χ0n) is 17.5. The summed E-state index contributed by atoms with van der Waals surface area (Å²) in [6.07, 6.45) is 3.07. The van der Waals surface area contributed by atoms with Crippen molar-refractivity contribution >= 4 is 51.3 Å². The Labute approximate surface area is 207 Å². The van der Waals surface area contributed by atoms with Crippen molar-refractivity contribution in [3.63, 3.8) is 0 Å². The summed E-state index contributed by atoms with van der Waals surface area (Å²) < 4.78 is 22.5. The molecule has 0 aliphatic heterocycles. The van der Waals surface area contributed by atoms with Crippen molar-refractivity contribution in [3.8, 4) is 28.7 Å². The standard InChI is InChI=1S/C22H18BrClN2O6S/c1-4-7-31-19-15(23)8-12(9-17(19)30-3)10-18(21(27)28)33-22-26-25-20(32-22)14-11-13(24)5-6-16(14)29-2/h4-6,8-11H,1,7H2,2-3H3,(H,27,28)/b18-10-. The number of carboxylic acid groups (broad SMARTS) is 1. The summed E-state index contributed by atoms with van der Waals surface area (Å²) in [7, 11) is 3.00. The maximum Gasteiger partial charge on any atom is 0.342 e. The smallest absolute Gasteiger partial charge is 0.342 e. The molecule has 2 aromatic carbocycles. The summed E-state index contributed by atoms with van der Waals surface area (Å²) in [6.45, 7) is 3.91. The number of aliphatic carboxylic acids is 1. The number of carboxylic acids is 1. The normalized spacial score (nSPS) is 11.2. The van der Waals surface area contributed by atoms with Gasteiger partial charge in [-0.05, 0) is 69.7 Å². The molecule has 33 heavy (non-hydrogen) atoms. The molecule has 0 fully saturated rings. The number of halogens is 2. The van der Waals surface area contributed by atoms with Crippen LogP contribution in [0.2, 0.25) is 5.02 Å². The van der Waals surface area contributed by atoms with E-state index in [9.17, 15) is 9.90 Å². The summed E-state index contributed by atoms with van der Waals surface area (Å²) in [5.74, 6) is 0.387. The van der Waals surface area contributed by atoms with Crippen molar-refractivity contribution in [2.45, 2.75) is 5.22 Å². The molecular formula is C22H18BrClN2O6S. The van der Waals surface area contributed by atoms with Crippen LogP contribution in [0.3, 0.4) is 0 Å². The first-order valence-corrected chi connectivity index (χ1v) is 11.3. The first kappa shape index (κ1) is 24.7. The van der Waals surface area contributed by atoms with Crippen molar-refractivity contribution in [1.82, 2.24) is 10.2 Å². The van der Waals surface area contributed by atoms with Gasteiger partial charge in [-0.15, -0.1) is 10.2 Å². The average Bonchev–Trinajstić information content (AvgIpc) is 3.26. The minimum absolute atomic E-state index is 0.0395. The van der Waals surface area contributed by atoms with Gasteiger partial charge in [-0.1, -0.05) is 24.3 Å². The van der Waals surface area contributed by atoms with Gasteiger partial charge >= 0.3 is 5.97 Å². The fourth-order valence-electron chi connectivity index (χ4n) is 2.69. The third kappa shape index (κ3) is 6.10. The van der Waals surface area contributed by atoms with Crippen LogP contribution in [0.15, 0.2) is 62.0 Å². The lowest BCUT2D eigenvalue weighted by atomic mass is 10.2. The lowest BCUT2D eigenvalue weighted by Gasteiger charge is -2.12. The van der Waals surface area contributed by atoms with E-state index in [0.717, 1.165) is 11.8 Å². The Hall–Kier alpha value is -2.95. The Morgan fingerprint density at radius 1 is 1.24 bits per heavy atom. The fraction of sp³-hybridized carbons (Fsp3) is 0.136. The minimum Gasteiger partial charge on any atom is -0.496 e. The van der Waals surface area contributed by atoms with Gasteiger partial charge in [0.2, 0.25) is 0 Å². The third-order valence-corrected chi connectivity index (χ3v) is 5.78. The van der Waals surface area contributed by atoms with E-state index in [1.54, 1.807) is 36.4 Å². The van der Waals surface area contributed by atoms with Crippen LogP contribution < -0.4 is 14.2 Å². The van der Waals surface area contributed by atoms with Crippen LogP contribution in [0, 0.1) is 0 Å². The molecule has 1 N–H and O–H groups in total. The number of rotatable bonds is 10. The minimum atomic E-state index is -1.16. The first-order valence-electron chi connectivity index (χ1n) is 9.27. The van der Waals surface area contributed by atoms with E-state index < -0.39 is 5.97 Å². The number of nitrogens with zero attached hydrogens (tertiary/aromatic N) is 2. The van der Waals surface area contributed by atoms with Crippen LogP contribution >= 0.6 is 39.3 Å². The van der Waals surface area contributed by atoms with Gasteiger partial charge in [0, 0.05) is 5.02 Å². The zero-order valence-corrected chi connectivity index (χ0v) is 20.7. The maximum absolute atomic E-state index is 11.9. The quantitative estimate of drug-likeness (QED) is 0.185. The first-order chi connectivity index (χ1) is 15.9. The second-order valence-electron chi connectivity index (χ2n) is 6.27. The molecule has 0 saturated carbocycles. The van der Waals surface area contributed by atoms with Crippen LogP contribution in [0.25, 0.3) is 17.5 Å². The molecule has 0 radical (unpaired) electrons. The highest BCUT2D eigenvalue weighted by Gasteiger charge is 2.19. The molecule has 3 aromatic rings. The van der Waals surface area contributed by atoms with E-state index in [0.29, 0.717) is 37.9 Å². The lowest BCUT2D eigenvalue weighted by molar-refractivity contribution is -0.131. The van der Waals surface area contributed by atoms with Gasteiger partial charge < -0.3 is 23.7 Å². The van der Waals surface area contributed by atoms with Gasteiger partial charge in [-0.3, -0.25) is 0 Å². The molecule has 0 spiro atoms. The molecule has 1 heterocycles. The fourth-order valence-corrected chi connectivity index (χ4v) is 4.11. The number of hydrogen-bond donors (Lipinski definition) is 1. The predicted molar refractivity (Wildman–Crippen MR) is 129 cm³/mol. The molecule has 1 aromatic heterocycles. The Balaban J connectivity index is 1.91. The number of carbonyl (C=O) groups is 1. The summed E-state index contributed by atoms with van der Waals surface area (Å²) >= 11 is 10.3. The molecule has 0 atom stereocenters. The van der Waals surface area contributed by atoms with Crippen molar-refractivity contribution in [1.29, 1.82) is 0 Å². The van der Waals surface area contributed by atoms with Gasteiger partial charge in [-0.2, -0.15) is 0 Å². The van der Waals surface area contributed by atoms with Crippen molar-refractivity contribution in [2.24, 2.45) is 0 Å². The molecular weight excluding hydrogens is 536 g/mol. The highest BCUT2D eigenvalue weighted by molar-refractivity contribution is 9.10. The molecule has 8 nitrogen and oxygen atoms in total. The summed E-state index contributed by atoms with van der Waals surface area (Å²) in [6, 6.07) is 8.33. The number of hydrogen-bond acceptors (Lipinski definition) is 8. The summed E-state index contributed by atoms with van der Waals surface area (Å²) in [5, 5.41) is 18.1. The molecule has 0 aliphatic rings. The highest BCUT2D eigenvalue weighted by atomic mass is 79.9. The molecule has 172 valence electrons. The monoisotopic (exact) mass is 552 g/mol. The highest BCUT2D eigenvalue weighted by Crippen LogP contribution is 2.39. The second-order valence-corrected chi connectivity index (χ2v) is 8.55. The van der Waals surface area contributed by atoms with Gasteiger partial charge in [-0.25, -0.2) is 4.79 Å². The van der Waals surface area contributed by atoms with E-state index in [1.165, 1.54) is 20.3 Å². The second kappa shape index (κ2) is 11.3. The number of benzene rings is 2. The van der Waals surface area contributed by atoms with E-state index in [2.05, 4.69) is 32.7 Å². The van der Waals surface area contributed by atoms with Gasteiger partial charge in [0.25, 0.3) is 11.1 Å². The van der Waals surface area contributed by atoms with Gasteiger partial charge in [0.05, 0.1) is 24.3 Å². The summed E-state index contributed by atoms with van der Waals surface area (Å²) in [4.78, 5) is 11.8. The number of methoxy groups -OCH3 is 2. The van der Waals surface area contributed by atoms with E-state index in [4.69, 9.17) is 30.2 Å². The lowest BCUT2D eigenvalue weighted by Crippen LogP contribution is -1.99.